The minimum Gasteiger partial charge on any atom is -0.393 e. The average molecular weight is 200 g/mol. The highest BCUT2D eigenvalue weighted by atomic mass is 16.3. The van der Waals surface area contributed by atoms with Crippen LogP contribution in [0.2, 0.25) is 0 Å². The number of nitrogens with zero attached hydrogens (tertiary/aromatic N) is 1. The third kappa shape index (κ3) is 2.87. The van der Waals surface area contributed by atoms with Gasteiger partial charge >= 0.3 is 6.03 Å². The molecule has 0 aliphatic heterocycles. The summed E-state index contributed by atoms with van der Waals surface area (Å²) in [5, 5.41) is 11.9. The molecule has 1 aliphatic rings. The summed E-state index contributed by atoms with van der Waals surface area (Å²) in [7, 11) is 0. The van der Waals surface area contributed by atoms with Crippen molar-refractivity contribution in [2.24, 2.45) is 5.92 Å². The Morgan fingerprint density at radius 2 is 2.00 bits per heavy atom. The van der Waals surface area contributed by atoms with Crippen molar-refractivity contribution in [3.8, 4) is 0 Å². The first-order chi connectivity index (χ1) is 6.67. The van der Waals surface area contributed by atoms with Crippen LogP contribution in [0.25, 0.3) is 0 Å². The molecule has 1 fully saturated rings. The van der Waals surface area contributed by atoms with E-state index >= 15 is 0 Å². The largest absolute Gasteiger partial charge is 0.393 e. The van der Waals surface area contributed by atoms with Crippen LogP contribution in [-0.2, 0) is 0 Å². The monoisotopic (exact) mass is 200 g/mol. The van der Waals surface area contributed by atoms with Crippen LogP contribution in [0.4, 0.5) is 4.79 Å². The first-order valence-electron chi connectivity index (χ1n) is 5.38. The smallest absolute Gasteiger partial charge is 0.317 e. The summed E-state index contributed by atoms with van der Waals surface area (Å²) in [4.78, 5) is 13.2. The molecule has 1 rings (SSSR count). The highest BCUT2D eigenvalue weighted by Crippen LogP contribution is 2.26. The van der Waals surface area contributed by atoms with Gasteiger partial charge in [-0.05, 0) is 32.6 Å². The third-order valence-electron chi connectivity index (χ3n) is 2.80. The molecule has 2 amide bonds. The van der Waals surface area contributed by atoms with Gasteiger partial charge in [0.25, 0.3) is 0 Å². The van der Waals surface area contributed by atoms with Crippen LogP contribution in [0.3, 0.4) is 0 Å². The van der Waals surface area contributed by atoms with Crippen molar-refractivity contribution in [1.82, 2.24) is 10.2 Å². The fourth-order valence-corrected chi connectivity index (χ4v) is 1.72. The Balaban J connectivity index is 2.14. The molecule has 0 radical (unpaired) electrons. The Labute approximate surface area is 85.3 Å². The standard InChI is InChI=1S/C10H20N2O2/c1-3-12(4-2)10(14)11-7-8-5-9(13)6-8/h8-9,13H,3-7H2,1-2H3,(H,11,14). The van der Waals surface area contributed by atoms with E-state index in [-0.39, 0.29) is 12.1 Å². The van der Waals surface area contributed by atoms with Crippen LogP contribution in [0.15, 0.2) is 0 Å². The van der Waals surface area contributed by atoms with E-state index < -0.39 is 0 Å². The summed E-state index contributed by atoms with van der Waals surface area (Å²) in [6.07, 6.45) is 1.53. The molecular formula is C10H20N2O2. The van der Waals surface area contributed by atoms with Gasteiger partial charge in [-0.3, -0.25) is 0 Å². The lowest BCUT2D eigenvalue weighted by molar-refractivity contribution is 0.0435. The number of aliphatic hydroxyl groups excluding tert-OH is 1. The normalized spacial score (nSPS) is 25.4. The molecule has 0 aromatic heterocycles. The zero-order chi connectivity index (χ0) is 10.6. The van der Waals surface area contributed by atoms with E-state index in [2.05, 4.69) is 5.32 Å². The highest BCUT2D eigenvalue weighted by molar-refractivity contribution is 5.74. The number of rotatable bonds is 4. The molecule has 14 heavy (non-hydrogen) atoms. The second-order valence-electron chi connectivity index (χ2n) is 3.85. The second kappa shape index (κ2) is 5.20. The van der Waals surface area contributed by atoms with Crippen molar-refractivity contribution in [1.29, 1.82) is 0 Å². The summed E-state index contributed by atoms with van der Waals surface area (Å²) in [5.41, 5.74) is 0. The maximum Gasteiger partial charge on any atom is 0.317 e. The molecule has 1 saturated carbocycles. The number of carbonyl (C=O) groups is 1. The third-order valence-corrected chi connectivity index (χ3v) is 2.80. The van der Waals surface area contributed by atoms with Gasteiger partial charge in [0.15, 0.2) is 0 Å². The molecule has 0 saturated heterocycles. The first-order valence-corrected chi connectivity index (χ1v) is 5.38. The molecule has 82 valence electrons. The molecule has 0 atom stereocenters. The lowest BCUT2D eigenvalue weighted by Gasteiger charge is -2.32. The summed E-state index contributed by atoms with van der Waals surface area (Å²) in [6, 6.07) is 0.0105. The van der Waals surface area contributed by atoms with E-state index in [9.17, 15) is 4.79 Å². The average Bonchev–Trinajstić information content (AvgIpc) is 2.12. The van der Waals surface area contributed by atoms with Gasteiger partial charge in [0.1, 0.15) is 0 Å². The maximum atomic E-state index is 11.5. The molecule has 0 heterocycles. The van der Waals surface area contributed by atoms with Crippen LogP contribution in [0.5, 0.6) is 0 Å². The molecule has 1 aliphatic carbocycles. The van der Waals surface area contributed by atoms with Gasteiger partial charge < -0.3 is 15.3 Å². The molecule has 0 spiro atoms. The van der Waals surface area contributed by atoms with Crippen LogP contribution >= 0.6 is 0 Å². The number of carbonyl (C=O) groups excluding carboxylic acids is 1. The van der Waals surface area contributed by atoms with Gasteiger partial charge in [0.05, 0.1) is 6.10 Å². The molecule has 0 bridgehead atoms. The Kier molecular flexibility index (Phi) is 4.20. The quantitative estimate of drug-likeness (QED) is 0.705. The first kappa shape index (κ1) is 11.3. The van der Waals surface area contributed by atoms with E-state index in [1.165, 1.54) is 0 Å². The van der Waals surface area contributed by atoms with E-state index in [0.29, 0.717) is 12.5 Å². The number of amides is 2. The molecule has 0 aromatic rings. The SMILES string of the molecule is CCN(CC)C(=O)NCC1CC(O)C1. The predicted molar refractivity (Wildman–Crippen MR) is 55.1 cm³/mol. The van der Waals surface area contributed by atoms with E-state index in [4.69, 9.17) is 5.11 Å². The van der Waals surface area contributed by atoms with E-state index in [1.54, 1.807) is 4.90 Å². The number of nitrogens with one attached hydrogen (secondary N) is 1. The lowest BCUT2D eigenvalue weighted by Crippen LogP contribution is -2.44. The minimum absolute atomic E-state index is 0.0105. The van der Waals surface area contributed by atoms with Crippen molar-refractivity contribution in [2.45, 2.75) is 32.8 Å². The molecule has 2 N–H and O–H groups in total. The molecule has 0 unspecified atom stereocenters. The van der Waals surface area contributed by atoms with Gasteiger partial charge in [0.2, 0.25) is 0 Å². The number of aliphatic hydroxyl groups is 1. The van der Waals surface area contributed by atoms with Gasteiger partial charge in [-0.1, -0.05) is 0 Å². The van der Waals surface area contributed by atoms with E-state index in [0.717, 1.165) is 25.9 Å². The Morgan fingerprint density at radius 3 is 2.43 bits per heavy atom. The number of hydrogen-bond donors (Lipinski definition) is 2. The predicted octanol–water partition coefficient (Wildman–Crippen LogP) is 0.809. The van der Waals surface area contributed by atoms with Crippen LogP contribution < -0.4 is 5.32 Å². The van der Waals surface area contributed by atoms with Crippen LogP contribution in [0, 0.1) is 5.92 Å². The highest BCUT2D eigenvalue weighted by Gasteiger charge is 2.27. The van der Waals surface area contributed by atoms with Crippen molar-refractivity contribution < 1.29 is 9.90 Å². The molecule has 0 aromatic carbocycles. The number of hydrogen-bond acceptors (Lipinski definition) is 2. The zero-order valence-electron chi connectivity index (χ0n) is 8.99. The fourth-order valence-electron chi connectivity index (χ4n) is 1.72. The maximum absolute atomic E-state index is 11.5. The molecule has 4 heteroatoms. The Bertz CT molecular complexity index is 187. The minimum atomic E-state index is -0.134. The van der Waals surface area contributed by atoms with Crippen LogP contribution in [0.1, 0.15) is 26.7 Å². The van der Waals surface area contributed by atoms with Crippen molar-refractivity contribution >= 4 is 6.03 Å². The fraction of sp³-hybridized carbons (Fsp3) is 0.900. The van der Waals surface area contributed by atoms with Gasteiger partial charge in [0, 0.05) is 19.6 Å². The van der Waals surface area contributed by atoms with Crippen LogP contribution in [-0.4, -0.2) is 41.8 Å². The molecular weight excluding hydrogens is 180 g/mol. The molecule has 4 nitrogen and oxygen atoms in total. The Morgan fingerprint density at radius 1 is 1.43 bits per heavy atom. The van der Waals surface area contributed by atoms with Gasteiger partial charge in [-0.2, -0.15) is 0 Å². The Hall–Kier alpha value is -0.770. The van der Waals surface area contributed by atoms with Gasteiger partial charge in [-0.25, -0.2) is 4.79 Å². The lowest BCUT2D eigenvalue weighted by atomic mass is 9.82. The van der Waals surface area contributed by atoms with Gasteiger partial charge in [-0.15, -0.1) is 0 Å². The summed E-state index contributed by atoms with van der Waals surface area (Å²) < 4.78 is 0. The summed E-state index contributed by atoms with van der Waals surface area (Å²) in [5.74, 6) is 0.476. The zero-order valence-corrected chi connectivity index (χ0v) is 8.99. The van der Waals surface area contributed by atoms with Crippen molar-refractivity contribution in [3.05, 3.63) is 0 Å². The van der Waals surface area contributed by atoms with Crippen molar-refractivity contribution in [2.75, 3.05) is 19.6 Å². The summed E-state index contributed by atoms with van der Waals surface area (Å²) in [6.45, 7) is 6.13. The second-order valence-corrected chi connectivity index (χ2v) is 3.85. The van der Waals surface area contributed by atoms with E-state index in [1.807, 2.05) is 13.8 Å². The van der Waals surface area contributed by atoms with Crippen molar-refractivity contribution in [3.63, 3.8) is 0 Å². The summed E-state index contributed by atoms with van der Waals surface area (Å²) >= 11 is 0. The number of urea groups is 1. The topological polar surface area (TPSA) is 52.6 Å².